The van der Waals surface area contributed by atoms with E-state index in [9.17, 15) is 4.79 Å². The number of methoxy groups -OCH3 is 1. The lowest BCUT2D eigenvalue weighted by Crippen LogP contribution is -2.32. The molecule has 2 aromatic rings. The minimum absolute atomic E-state index is 0.429. The SMILES string of the molecule is COC(=O)C1=C(C)NC(c2nccs2)=NC1c1ccccc1Cl. The minimum Gasteiger partial charge on any atom is -0.466 e. The molecule has 0 saturated heterocycles. The van der Waals surface area contributed by atoms with Crippen molar-refractivity contribution < 1.29 is 9.53 Å². The number of amidine groups is 1. The van der Waals surface area contributed by atoms with Crippen LogP contribution in [0.3, 0.4) is 0 Å². The average Bonchev–Trinajstić information content (AvgIpc) is 3.08. The molecule has 1 aliphatic heterocycles. The van der Waals surface area contributed by atoms with E-state index in [-0.39, 0.29) is 0 Å². The van der Waals surface area contributed by atoms with Crippen molar-refractivity contribution in [1.82, 2.24) is 10.3 Å². The van der Waals surface area contributed by atoms with Crippen LogP contribution in [0.2, 0.25) is 5.02 Å². The summed E-state index contributed by atoms with van der Waals surface area (Å²) in [6.07, 6.45) is 1.71. The molecule has 2 heterocycles. The molecule has 1 N–H and O–H groups in total. The van der Waals surface area contributed by atoms with Gasteiger partial charge in [0.2, 0.25) is 0 Å². The Bertz CT molecular complexity index is 799. The number of nitrogens with one attached hydrogen (secondary N) is 1. The number of hydrogen-bond donors (Lipinski definition) is 1. The Kier molecular flexibility index (Phi) is 4.45. The van der Waals surface area contributed by atoms with Crippen LogP contribution in [0.25, 0.3) is 0 Å². The van der Waals surface area contributed by atoms with Crippen molar-refractivity contribution >= 4 is 34.7 Å². The summed E-state index contributed by atoms with van der Waals surface area (Å²) in [5, 5.41) is 6.32. The molecule has 5 nitrogen and oxygen atoms in total. The monoisotopic (exact) mass is 347 g/mol. The van der Waals surface area contributed by atoms with E-state index < -0.39 is 12.0 Å². The summed E-state index contributed by atoms with van der Waals surface area (Å²) in [6.45, 7) is 1.82. The van der Waals surface area contributed by atoms with Gasteiger partial charge in [0.1, 0.15) is 6.04 Å². The Hall–Kier alpha value is -2.18. The van der Waals surface area contributed by atoms with Gasteiger partial charge in [-0.25, -0.2) is 9.78 Å². The molecule has 1 unspecified atom stereocenters. The van der Waals surface area contributed by atoms with E-state index in [0.29, 0.717) is 22.1 Å². The molecular formula is C16H14ClN3O2S. The number of benzene rings is 1. The Morgan fingerprint density at radius 1 is 1.39 bits per heavy atom. The molecule has 0 bridgehead atoms. The maximum Gasteiger partial charge on any atom is 0.338 e. The van der Waals surface area contributed by atoms with E-state index in [2.05, 4.69) is 15.3 Å². The molecule has 0 saturated carbocycles. The summed E-state index contributed by atoms with van der Waals surface area (Å²) in [6, 6.07) is 6.81. The molecule has 1 aromatic heterocycles. The van der Waals surface area contributed by atoms with Gasteiger partial charge in [-0.05, 0) is 13.0 Å². The number of hydrogen-bond acceptors (Lipinski definition) is 6. The van der Waals surface area contributed by atoms with Crippen LogP contribution in [0.1, 0.15) is 23.5 Å². The molecule has 0 fully saturated rings. The third-order valence-corrected chi connectivity index (χ3v) is 4.61. The Morgan fingerprint density at radius 2 is 2.17 bits per heavy atom. The number of allylic oxidation sites excluding steroid dienone is 1. The van der Waals surface area contributed by atoms with Crippen LogP contribution in [0.5, 0.6) is 0 Å². The highest BCUT2D eigenvalue weighted by Gasteiger charge is 2.31. The number of nitrogens with zero attached hydrogens (tertiary/aromatic N) is 2. The predicted molar refractivity (Wildman–Crippen MR) is 90.7 cm³/mol. The number of thiazole rings is 1. The first kappa shape index (κ1) is 15.7. The molecule has 1 atom stereocenters. The second-order valence-corrected chi connectivity index (χ2v) is 6.20. The van der Waals surface area contributed by atoms with E-state index >= 15 is 0 Å². The van der Waals surface area contributed by atoms with Crippen LogP contribution in [0.15, 0.2) is 52.1 Å². The van der Waals surface area contributed by atoms with Crippen LogP contribution in [-0.2, 0) is 9.53 Å². The van der Waals surface area contributed by atoms with Gasteiger partial charge in [0.25, 0.3) is 0 Å². The number of esters is 1. The van der Waals surface area contributed by atoms with E-state index in [1.165, 1.54) is 18.4 Å². The molecule has 0 spiro atoms. The highest BCUT2D eigenvalue weighted by molar-refractivity contribution is 7.11. The van der Waals surface area contributed by atoms with Crippen LogP contribution >= 0.6 is 22.9 Å². The van der Waals surface area contributed by atoms with Gasteiger partial charge in [-0.3, -0.25) is 4.99 Å². The Labute approximate surface area is 142 Å². The van der Waals surface area contributed by atoms with Gasteiger partial charge in [0.15, 0.2) is 10.8 Å². The zero-order chi connectivity index (χ0) is 16.4. The zero-order valence-corrected chi connectivity index (χ0v) is 14.1. The maximum atomic E-state index is 12.2. The van der Waals surface area contributed by atoms with Gasteiger partial charge < -0.3 is 10.1 Å². The number of rotatable bonds is 3. The molecule has 0 radical (unpaired) electrons. The summed E-state index contributed by atoms with van der Waals surface area (Å²) in [5.74, 6) is 0.192. The third-order valence-electron chi connectivity index (χ3n) is 3.48. The number of carbonyl (C=O) groups excluding carboxylic acids is 1. The van der Waals surface area contributed by atoms with Crippen molar-refractivity contribution in [1.29, 1.82) is 0 Å². The topological polar surface area (TPSA) is 63.6 Å². The van der Waals surface area contributed by atoms with E-state index in [4.69, 9.17) is 16.3 Å². The first-order valence-electron chi connectivity index (χ1n) is 6.90. The molecule has 0 amide bonds. The van der Waals surface area contributed by atoms with Crippen molar-refractivity contribution in [3.63, 3.8) is 0 Å². The van der Waals surface area contributed by atoms with Crippen molar-refractivity contribution in [2.24, 2.45) is 4.99 Å². The average molecular weight is 348 g/mol. The number of aliphatic imine (C=N–C) groups is 1. The Balaban J connectivity index is 2.13. The van der Waals surface area contributed by atoms with Crippen molar-refractivity contribution in [3.8, 4) is 0 Å². The molecule has 1 aromatic carbocycles. The quantitative estimate of drug-likeness (QED) is 0.865. The summed E-state index contributed by atoms with van der Waals surface area (Å²) >= 11 is 7.79. The fourth-order valence-corrected chi connectivity index (χ4v) is 3.25. The third kappa shape index (κ3) is 3.00. The fraction of sp³-hybridized carbons (Fsp3) is 0.188. The molecular weight excluding hydrogens is 334 g/mol. The first-order valence-corrected chi connectivity index (χ1v) is 8.15. The van der Waals surface area contributed by atoms with Gasteiger partial charge in [-0.2, -0.15) is 0 Å². The fourth-order valence-electron chi connectivity index (χ4n) is 2.42. The predicted octanol–water partition coefficient (Wildman–Crippen LogP) is 3.33. The highest BCUT2D eigenvalue weighted by Crippen LogP contribution is 2.35. The Morgan fingerprint density at radius 3 is 2.83 bits per heavy atom. The van der Waals surface area contributed by atoms with Gasteiger partial charge in [0, 0.05) is 27.9 Å². The summed E-state index contributed by atoms with van der Waals surface area (Å²) < 4.78 is 4.92. The number of ether oxygens (including phenoxy) is 1. The lowest BCUT2D eigenvalue weighted by atomic mass is 9.96. The van der Waals surface area contributed by atoms with Gasteiger partial charge in [-0.15, -0.1) is 11.3 Å². The molecule has 0 aliphatic carbocycles. The summed E-state index contributed by atoms with van der Waals surface area (Å²) in [4.78, 5) is 21.2. The molecule has 1 aliphatic rings. The summed E-state index contributed by atoms with van der Waals surface area (Å²) in [5.41, 5.74) is 1.88. The normalized spacial score (nSPS) is 17.5. The number of carbonyl (C=O) groups is 1. The molecule has 7 heteroatoms. The van der Waals surface area contributed by atoms with Crippen LogP contribution in [0, 0.1) is 0 Å². The maximum absolute atomic E-state index is 12.2. The lowest BCUT2D eigenvalue weighted by molar-refractivity contribution is -0.136. The van der Waals surface area contributed by atoms with Crippen molar-refractivity contribution in [2.45, 2.75) is 13.0 Å². The van der Waals surface area contributed by atoms with Gasteiger partial charge in [0.05, 0.1) is 12.7 Å². The van der Waals surface area contributed by atoms with Crippen molar-refractivity contribution in [2.75, 3.05) is 7.11 Å². The van der Waals surface area contributed by atoms with Crippen LogP contribution in [-0.4, -0.2) is 23.9 Å². The molecule has 23 heavy (non-hydrogen) atoms. The second-order valence-electron chi connectivity index (χ2n) is 4.89. The minimum atomic E-state index is -0.531. The molecule has 118 valence electrons. The highest BCUT2D eigenvalue weighted by atomic mass is 35.5. The largest absolute Gasteiger partial charge is 0.466 e. The number of halogens is 1. The smallest absolute Gasteiger partial charge is 0.338 e. The van der Waals surface area contributed by atoms with E-state index in [1.54, 1.807) is 12.3 Å². The summed E-state index contributed by atoms with van der Waals surface area (Å²) in [7, 11) is 1.35. The van der Waals surface area contributed by atoms with E-state index in [0.717, 1.165) is 10.6 Å². The van der Waals surface area contributed by atoms with Crippen LogP contribution in [0.4, 0.5) is 0 Å². The number of aromatic nitrogens is 1. The second kappa shape index (κ2) is 6.52. The first-order chi connectivity index (χ1) is 11.1. The van der Waals surface area contributed by atoms with Crippen molar-refractivity contribution in [3.05, 3.63) is 62.7 Å². The zero-order valence-electron chi connectivity index (χ0n) is 12.5. The van der Waals surface area contributed by atoms with Crippen LogP contribution < -0.4 is 5.32 Å². The van der Waals surface area contributed by atoms with Gasteiger partial charge >= 0.3 is 5.97 Å². The van der Waals surface area contributed by atoms with E-state index in [1.807, 2.05) is 30.5 Å². The molecule has 3 rings (SSSR count). The lowest BCUT2D eigenvalue weighted by Gasteiger charge is -2.25. The standard InChI is InChI=1S/C16H14ClN3O2S/c1-9-12(16(21)22-2)13(10-5-3-4-6-11(10)17)20-14(19-9)15-18-7-8-23-15/h3-8,13H,1-2H3,(H,19,20). The van der Waals surface area contributed by atoms with Gasteiger partial charge in [-0.1, -0.05) is 29.8 Å².